The SMILES string of the molecule is CCC1CCOC(C)(C)C1.COC(=O)Cc1cccc(C)c1C1(C(C)=O)CC1. The third kappa shape index (κ3) is 5.44. The minimum Gasteiger partial charge on any atom is -0.469 e. The summed E-state index contributed by atoms with van der Waals surface area (Å²) in [7, 11) is 1.38. The first-order valence-corrected chi connectivity index (χ1v) is 10.5. The third-order valence-corrected chi connectivity index (χ3v) is 6.20. The Bertz CT molecular complexity index is 701. The summed E-state index contributed by atoms with van der Waals surface area (Å²) >= 11 is 0. The van der Waals surface area contributed by atoms with Crippen LogP contribution in [-0.4, -0.2) is 31.1 Å². The van der Waals surface area contributed by atoms with Crippen molar-refractivity contribution in [1.82, 2.24) is 0 Å². The number of aryl methyl sites for hydroxylation is 1. The summed E-state index contributed by atoms with van der Waals surface area (Å²) < 4.78 is 10.3. The predicted molar refractivity (Wildman–Crippen MR) is 112 cm³/mol. The van der Waals surface area contributed by atoms with Crippen molar-refractivity contribution in [3.8, 4) is 0 Å². The highest BCUT2D eigenvalue weighted by molar-refractivity contribution is 5.92. The summed E-state index contributed by atoms with van der Waals surface area (Å²) in [6.07, 6.45) is 5.83. The van der Waals surface area contributed by atoms with E-state index in [0.717, 1.165) is 42.1 Å². The Morgan fingerprint density at radius 2 is 1.93 bits per heavy atom. The van der Waals surface area contributed by atoms with Crippen LogP contribution < -0.4 is 0 Å². The Morgan fingerprint density at radius 1 is 1.25 bits per heavy atom. The van der Waals surface area contributed by atoms with E-state index in [9.17, 15) is 9.59 Å². The predicted octanol–water partition coefficient (Wildman–Crippen LogP) is 4.93. The van der Waals surface area contributed by atoms with Gasteiger partial charge in [0.05, 0.1) is 24.5 Å². The highest BCUT2D eigenvalue weighted by Crippen LogP contribution is 2.51. The fourth-order valence-corrected chi connectivity index (χ4v) is 4.40. The quantitative estimate of drug-likeness (QED) is 0.671. The molecule has 4 heteroatoms. The van der Waals surface area contributed by atoms with E-state index in [-0.39, 0.29) is 29.2 Å². The number of hydrogen-bond donors (Lipinski definition) is 0. The second kappa shape index (κ2) is 9.21. The molecule has 1 saturated carbocycles. The molecular formula is C24H36O4. The van der Waals surface area contributed by atoms with Gasteiger partial charge >= 0.3 is 5.97 Å². The molecule has 0 spiro atoms. The van der Waals surface area contributed by atoms with Crippen molar-refractivity contribution in [2.75, 3.05) is 13.7 Å². The first-order valence-electron chi connectivity index (χ1n) is 10.5. The van der Waals surface area contributed by atoms with Gasteiger partial charge in [-0.25, -0.2) is 0 Å². The van der Waals surface area contributed by atoms with Crippen molar-refractivity contribution in [2.24, 2.45) is 5.92 Å². The molecule has 1 aliphatic carbocycles. The van der Waals surface area contributed by atoms with Gasteiger partial charge in [-0.15, -0.1) is 0 Å². The molecule has 0 bridgehead atoms. The smallest absolute Gasteiger partial charge is 0.309 e. The van der Waals surface area contributed by atoms with Crippen molar-refractivity contribution in [2.45, 2.75) is 84.2 Å². The summed E-state index contributed by atoms with van der Waals surface area (Å²) in [5.74, 6) is 0.841. The van der Waals surface area contributed by atoms with Crippen molar-refractivity contribution < 1.29 is 19.1 Å². The van der Waals surface area contributed by atoms with E-state index >= 15 is 0 Å². The number of ketones is 1. The van der Waals surface area contributed by atoms with Crippen LogP contribution in [0.15, 0.2) is 18.2 Å². The van der Waals surface area contributed by atoms with Gasteiger partial charge in [0.25, 0.3) is 0 Å². The van der Waals surface area contributed by atoms with E-state index in [0.29, 0.717) is 0 Å². The Labute approximate surface area is 170 Å². The first kappa shape index (κ1) is 22.6. The zero-order valence-electron chi connectivity index (χ0n) is 18.4. The Hall–Kier alpha value is -1.68. The standard InChI is InChI=1S/C15H18O3.C9H18O/c1-10-5-4-6-12(9-13(17)18-3)14(10)15(7-8-15)11(2)16;1-4-8-5-6-10-9(2,3)7-8/h4-6H,7-9H2,1-3H3;8H,4-7H2,1-3H3. The third-order valence-electron chi connectivity index (χ3n) is 6.20. The average molecular weight is 389 g/mol. The second-order valence-corrected chi connectivity index (χ2v) is 8.88. The molecule has 0 N–H and O–H groups in total. The maximum atomic E-state index is 11.9. The van der Waals surface area contributed by atoms with Gasteiger partial charge in [-0.05, 0) is 76.0 Å². The van der Waals surface area contributed by atoms with Gasteiger partial charge in [-0.1, -0.05) is 31.5 Å². The molecule has 1 aromatic carbocycles. The van der Waals surface area contributed by atoms with Gasteiger partial charge in [-0.3, -0.25) is 9.59 Å². The molecule has 1 saturated heterocycles. The summed E-state index contributed by atoms with van der Waals surface area (Å²) in [5, 5.41) is 0. The minimum absolute atomic E-state index is 0.152. The summed E-state index contributed by atoms with van der Waals surface area (Å²) in [5.41, 5.74) is 2.87. The van der Waals surface area contributed by atoms with Crippen LogP contribution in [0.4, 0.5) is 0 Å². The topological polar surface area (TPSA) is 52.6 Å². The monoisotopic (exact) mass is 388 g/mol. The lowest BCUT2D eigenvalue weighted by molar-refractivity contribution is -0.139. The van der Waals surface area contributed by atoms with Gasteiger partial charge in [0.2, 0.25) is 0 Å². The molecule has 1 unspecified atom stereocenters. The van der Waals surface area contributed by atoms with Crippen molar-refractivity contribution in [1.29, 1.82) is 0 Å². The molecule has 1 atom stereocenters. The Morgan fingerprint density at radius 3 is 2.39 bits per heavy atom. The molecule has 4 nitrogen and oxygen atoms in total. The number of ether oxygens (including phenoxy) is 2. The lowest BCUT2D eigenvalue weighted by atomic mass is 9.84. The van der Waals surface area contributed by atoms with Gasteiger partial charge in [0.15, 0.2) is 0 Å². The summed E-state index contributed by atoms with van der Waals surface area (Å²) in [4.78, 5) is 23.3. The average Bonchev–Trinajstić information content (AvgIpc) is 3.43. The molecule has 2 aliphatic rings. The van der Waals surface area contributed by atoms with Crippen LogP contribution in [0.25, 0.3) is 0 Å². The fraction of sp³-hybridized carbons (Fsp3) is 0.667. The number of benzene rings is 1. The summed E-state index contributed by atoms with van der Waals surface area (Å²) in [6, 6.07) is 5.84. The maximum Gasteiger partial charge on any atom is 0.309 e. The number of hydrogen-bond acceptors (Lipinski definition) is 4. The van der Waals surface area contributed by atoms with Gasteiger partial charge in [-0.2, -0.15) is 0 Å². The zero-order chi connectivity index (χ0) is 20.9. The molecule has 1 aromatic rings. The fourth-order valence-electron chi connectivity index (χ4n) is 4.40. The molecule has 2 fully saturated rings. The van der Waals surface area contributed by atoms with E-state index in [4.69, 9.17) is 9.47 Å². The highest BCUT2D eigenvalue weighted by Gasteiger charge is 2.50. The maximum absolute atomic E-state index is 11.9. The molecule has 156 valence electrons. The molecule has 0 amide bonds. The van der Waals surface area contributed by atoms with Crippen LogP contribution >= 0.6 is 0 Å². The summed E-state index contributed by atoms with van der Waals surface area (Å²) in [6.45, 7) is 11.3. The van der Waals surface area contributed by atoms with Crippen molar-refractivity contribution in [3.63, 3.8) is 0 Å². The normalized spacial score (nSPS) is 21.9. The highest BCUT2D eigenvalue weighted by atomic mass is 16.5. The number of carbonyl (C=O) groups excluding carboxylic acids is 2. The van der Waals surface area contributed by atoms with Crippen LogP contribution in [-0.2, 0) is 30.9 Å². The number of rotatable bonds is 5. The largest absolute Gasteiger partial charge is 0.469 e. The minimum atomic E-state index is -0.339. The van der Waals surface area contributed by atoms with Crippen LogP contribution in [0.2, 0.25) is 0 Å². The van der Waals surface area contributed by atoms with Crippen molar-refractivity contribution >= 4 is 11.8 Å². The van der Waals surface area contributed by atoms with Gasteiger partial charge in [0.1, 0.15) is 5.78 Å². The number of Topliss-reactive ketones (excluding diaryl/α,β-unsaturated/α-hetero) is 1. The molecule has 28 heavy (non-hydrogen) atoms. The zero-order valence-corrected chi connectivity index (χ0v) is 18.4. The number of carbonyl (C=O) groups is 2. The lowest BCUT2D eigenvalue weighted by Crippen LogP contribution is -2.33. The van der Waals surface area contributed by atoms with E-state index in [1.54, 1.807) is 6.92 Å². The van der Waals surface area contributed by atoms with E-state index in [1.165, 1.54) is 26.4 Å². The van der Waals surface area contributed by atoms with Crippen LogP contribution in [0, 0.1) is 12.8 Å². The van der Waals surface area contributed by atoms with Crippen LogP contribution in [0.5, 0.6) is 0 Å². The lowest BCUT2D eigenvalue weighted by Gasteiger charge is -2.35. The molecule has 1 aliphatic heterocycles. The molecule has 0 radical (unpaired) electrons. The van der Waals surface area contributed by atoms with Crippen molar-refractivity contribution in [3.05, 3.63) is 34.9 Å². The molecule has 3 rings (SSSR count). The Kier molecular flexibility index (Phi) is 7.44. The van der Waals surface area contributed by atoms with E-state index in [2.05, 4.69) is 20.8 Å². The van der Waals surface area contributed by atoms with E-state index in [1.807, 2.05) is 25.1 Å². The second-order valence-electron chi connectivity index (χ2n) is 8.88. The molecule has 1 heterocycles. The van der Waals surface area contributed by atoms with Crippen LogP contribution in [0.3, 0.4) is 0 Å². The molecular weight excluding hydrogens is 352 g/mol. The van der Waals surface area contributed by atoms with E-state index < -0.39 is 0 Å². The first-order chi connectivity index (χ1) is 13.1. The number of methoxy groups -OCH3 is 1. The molecule has 0 aromatic heterocycles. The van der Waals surface area contributed by atoms with Gasteiger partial charge in [0, 0.05) is 6.61 Å². The number of esters is 1. The van der Waals surface area contributed by atoms with Crippen LogP contribution in [0.1, 0.15) is 76.5 Å². The van der Waals surface area contributed by atoms with Gasteiger partial charge < -0.3 is 9.47 Å². The Balaban J connectivity index is 0.000000237.